The number of nitrogens with one attached hydrogen (secondary N) is 1. The van der Waals surface area contributed by atoms with Crippen LogP contribution in [0.3, 0.4) is 0 Å². The van der Waals surface area contributed by atoms with E-state index < -0.39 is 0 Å². The molecule has 1 aliphatic heterocycles. The fraction of sp³-hybridized carbons (Fsp3) is 0. The molecule has 196 valence electrons. The van der Waals surface area contributed by atoms with Crippen LogP contribution in [0, 0.1) is 0 Å². The molecule has 0 radical (unpaired) electrons. The SMILES string of the molecule is c1ccc(-n2c3ccc(-c4cccnc4)cc3c3cc4c(cc32)Nc2cccc3c(-c5cccnc5)ccc-4c23)cc1. The Hall–Kier alpha value is -5.74. The van der Waals surface area contributed by atoms with Gasteiger partial charge < -0.3 is 9.88 Å². The minimum Gasteiger partial charge on any atom is -0.354 e. The van der Waals surface area contributed by atoms with Gasteiger partial charge >= 0.3 is 0 Å². The minimum atomic E-state index is 1.11. The molecule has 0 fully saturated rings. The van der Waals surface area contributed by atoms with Crippen LogP contribution >= 0.6 is 0 Å². The summed E-state index contributed by atoms with van der Waals surface area (Å²) in [5, 5.41) is 8.71. The lowest BCUT2D eigenvalue weighted by atomic mass is 9.88. The number of para-hydroxylation sites is 1. The summed E-state index contributed by atoms with van der Waals surface area (Å²) in [6, 6.07) is 41.4. The number of hydrogen-bond donors (Lipinski definition) is 1. The third kappa shape index (κ3) is 3.36. The van der Waals surface area contributed by atoms with Gasteiger partial charge in [-0.2, -0.15) is 0 Å². The second kappa shape index (κ2) is 8.88. The summed E-state index contributed by atoms with van der Waals surface area (Å²) in [5.74, 6) is 0. The average molecular weight is 537 g/mol. The highest BCUT2D eigenvalue weighted by Crippen LogP contribution is 2.49. The molecule has 0 saturated heterocycles. The molecule has 8 aromatic rings. The van der Waals surface area contributed by atoms with Crippen molar-refractivity contribution in [1.29, 1.82) is 0 Å². The van der Waals surface area contributed by atoms with Crippen LogP contribution in [0.2, 0.25) is 0 Å². The van der Waals surface area contributed by atoms with Crippen molar-refractivity contribution in [1.82, 2.24) is 14.5 Å². The van der Waals surface area contributed by atoms with Crippen LogP contribution in [0.5, 0.6) is 0 Å². The van der Waals surface area contributed by atoms with E-state index >= 15 is 0 Å². The second-order valence-corrected chi connectivity index (χ2v) is 10.8. The van der Waals surface area contributed by atoms with E-state index in [2.05, 4.69) is 123 Å². The number of nitrogens with zero attached hydrogens (tertiary/aromatic N) is 3. The number of hydrogen-bond acceptors (Lipinski definition) is 3. The fourth-order valence-electron chi connectivity index (χ4n) is 6.61. The zero-order valence-corrected chi connectivity index (χ0v) is 22.6. The lowest BCUT2D eigenvalue weighted by molar-refractivity contribution is 1.18. The molecule has 0 atom stereocenters. The van der Waals surface area contributed by atoms with Crippen molar-refractivity contribution in [2.45, 2.75) is 0 Å². The van der Waals surface area contributed by atoms with Gasteiger partial charge in [0, 0.05) is 74.7 Å². The van der Waals surface area contributed by atoms with E-state index in [1.807, 2.05) is 36.9 Å². The monoisotopic (exact) mass is 536 g/mol. The number of fused-ring (bicyclic) bond motifs is 5. The summed E-state index contributed by atoms with van der Waals surface area (Å²) in [7, 11) is 0. The van der Waals surface area contributed by atoms with E-state index in [0.29, 0.717) is 0 Å². The normalized spacial score (nSPS) is 12.0. The zero-order chi connectivity index (χ0) is 27.6. The Bertz CT molecular complexity index is 2300. The third-order valence-electron chi connectivity index (χ3n) is 8.49. The number of rotatable bonds is 3. The van der Waals surface area contributed by atoms with Gasteiger partial charge in [0.25, 0.3) is 0 Å². The van der Waals surface area contributed by atoms with E-state index in [0.717, 1.165) is 33.8 Å². The Morgan fingerprint density at radius 2 is 1.26 bits per heavy atom. The van der Waals surface area contributed by atoms with E-state index in [1.165, 1.54) is 49.3 Å². The summed E-state index contributed by atoms with van der Waals surface area (Å²) in [6.07, 6.45) is 7.51. The van der Waals surface area contributed by atoms with Gasteiger partial charge in [-0.1, -0.05) is 60.7 Å². The molecule has 4 heteroatoms. The molecule has 0 aliphatic carbocycles. The van der Waals surface area contributed by atoms with E-state index in [1.54, 1.807) is 0 Å². The predicted molar refractivity (Wildman–Crippen MR) is 173 cm³/mol. The Balaban J connectivity index is 1.35. The van der Waals surface area contributed by atoms with Crippen molar-refractivity contribution in [2.24, 2.45) is 0 Å². The lowest BCUT2D eigenvalue weighted by Gasteiger charge is -2.24. The number of benzene rings is 5. The molecule has 3 aromatic heterocycles. The lowest BCUT2D eigenvalue weighted by Crippen LogP contribution is -2.02. The number of anilines is 2. The first kappa shape index (κ1) is 23.0. The average Bonchev–Trinajstić information content (AvgIpc) is 3.38. The Kier molecular flexibility index (Phi) is 4.87. The van der Waals surface area contributed by atoms with E-state index in [4.69, 9.17) is 0 Å². The highest BCUT2D eigenvalue weighted by atomic mass is 15.0. The molecular weight excluding hydrogens is 512 g/mol. The molecule has 1 aliphatic rings. The van der Waals surface area contributed by atoms with Crippen LogP contribution in [0.25, 0.3) is 71.6 Å². The first-order valence-corrected chi connectivity index (χ1v) is 14.1. The smallest absolute Gasteiger partial charge is 0.0562 e. The Labute approximate surface area is 242 Å². The van der Waals surface area contributed by atoms with Crippen molar-refractivity contribution in [3.63, 3.8) is 0 Å². The molecule has 0 spiro atoms. The van der Waals surface area contributed by atoms with Crippen LogP contribution in [0.15, 0.2) is 140 Å². The standard InChI is InChI=1S/C38H24N4/c1-2-9-27(10-3-1)42-36-16-13-24(25-7-5-17-39-22-25)19-32(36)33-20-31-30-15-14-28(26-8-6-18-40-23-26)29-11-4-12-34(38(29)30)41-35(31)21-37(33)42/h1-23,41H. The van der Waals surface area contributed by atoms with Crippen LogP contribution < -0.4 is 5.32 Å². The minimum absolute atomic E-state index is 1.11. The molecule has 1 N–H and O–H groups in total. The summed E-state index contributed by atoms with van der Waals surface area (Å²) in [5.41, 5.74) is 12.8. The molecule has 0 amide bonds. The summed E-state index contributed by atoms with van der Waals surface area (Å²) < 4.78 is 2.38. The van der Waals surface area contributed by atoms with Crippen molar-refractivity contribution < 1.29 is 0 Å². The number of pyridine rings is 2. The topological polar surface area (TPSA) is 42.7 Å². The zero-order valence-electron chi connectivity index (χ0n) is 22.6. The third-order valence-corrected chi connectivity index (χ3v) is 8.49. The summed E-state index contributed by atoms with van der Waals surface area (Å²) >= 11 is 0. The van der Waals surface area contributed by atoms with Crippen LogP contribution in [-0.4, -0.2) is 14.5 Å². The maximum absolute atomic E-state index is 4.38. The summed E-state index contributed by atoms with van der Waals surface area (Å²) in [6.45, 7) is 0. The molecule has 4 nitrogen and oxygen atoms in total. The molecule has 5 aromatic carbocycles. The molecule has 0 saturated carbocycles. The fourth-order valence-corrected chi connectivity index (χ4v) is 6.61. The van der Waals surface area contributed by atoms with E-state index in [9.17, 15) is 0 Å². The largest absolute Gasteiger partial charge is 0.354 e. The van der Waals surface area contributed by atoms with Gasteiger partial charge in [0.2, 0.25) is 0 Å². The molecule has 9 rings (SSSR count). The number of aromatic nitrogens is 3. The maximum atomic E-state index is 4.38. The van der Waals surface area contributed by atoms with Gasteiger partial charge in [0.15, 0.2) is 0 Å². The molecule has 42 heavy (non-hydrogen) atoms. The van der Waals surface area contributed by atoms with Crippen molar-refractivity contribution in [3.8, 4) is 39.1 Å². The maximum Gasteiger partial charge on any atom is 0.0562 e. The highest BCUT2D eigenvalue weighted by molar-refractivity contribution is 6.19. The Morgan fingerprint density at radius 1 is 0.476 bits per heavy atom. The van der Waals surface area contributed by atoms with Crippen LogP contribution in [0.4, 0.5) is 11.4 Å². The second-order valence-electron chi connectivity index (χ2n) is 10.8. The Morgan fingerprint density at radius 3 is 2.07 bits per heavy atom. The molecule has 4 heterocycles. The van der Waals surface area contributed by atoms with Crippen molar-refractivity contribution in [2.75, 3.05) is 5.32 Å². The van der Waals surface area contributed by atoms with Crippen molar-refractivity contribution >= 4 is 44.0 Å². The van der Waals surface area contributed by atoms with Gasteiger partial charge in [0.1, 0.15) is 0 Å². The van der Waals surface area contributed by atoms with Gasteiger partial charge in [-0.15, -0.1) is 0 Å². The van der Waals surface area contributed by atoms with Crippen molar-refractivity contribution in [3.05, 3.63) is 140 Å². The predicted octanol–water partition coefficient (Wildman–Crippen LogP) is 9.78. The van der Waals surface area contributed by atoms with Gasteiger partial charge in [-0.05, 0) is 76.7 Å². The quantitative estimate of drug-likeness (QED) is 0.244. The van der Waals surface area contributed by atoms with Crippen LogP contribution in [0.1, 0.15) is 0 Å². The van der Waals surface area contributed by atoms with Crippen LogP contribution in [-0.2, 0) is 0 Å². The molecule has 0 bridgehead atoms. The molecule has 0 unspecified atom stereocenters. The van der Waals surface area contributed by atoms with E-state index in [-0.39, 0.29) is 0 Å². The highest BCUT2D eigenvalue weighted by Gasteiger charge is 2.23. The van der Waals surface area contributed by atoms with Gasteiger partial charge in [0.05, 0.1) is 11.0 Å². The first-order chi connectivity index (χ1) is 20.8. The molecular formula is C38H24N4. The van der Waals surface area contributed by atoms with Gasteiger partial charge in [-0.25, -0.2) is 0 Å². The first-order valence-electron chi connectivity index (χ1n) is 14.1. The van der Waals surface area contributed by atoms with Gasteiger partial charge in [-0.3, -0.25) is 9.97 Å². The summed E-state index contributed by atoms with van der Waals surface area (Å²) in [4.78, 5) is 8.75.